The van der Waals surface area contributed by atoms with E-state index in [1.807, 2.05) is 31.6 Å². The first-order valence-corrected chi connectivity index (χ1v) is 16.6. The van der Waals surface area contributed by atoms with Crippen molar-refractivity contribution in [2.45, 2.75) is 96.1 Å². The summed E-state index contributed by atoms with van der Waals surface area (Å²) in [5, 5.41) is 10.0. The van der Waals surface area contributed by atoms with Crippen molar-refractivity contribution in [3.8, 4) is 22.8 Å². The second kappa shape index (κ2) is 12.5. The zero-order valence-electron chi connectivity index (χ0n) is 27.3. The molecule has 0 unspecified atom stereocenters. The molecule has 4 aromatic heterocycles. The number of fused-ring (bicyclic) bond motifs is 1. The number of piperidine rings is 1. The molecule has 14 nitrogen and oxygen atoms in total. The fourth-order valence-corrected chi connectivity index (χ4v) is 7.00. The lowest BCUT2D eigenvalue weighted by Crippen LogP contribution is -2.40. The highest BCUT2D eigenvalue weighted by atomic mass is 16.6. The van der Waals surface area contributed by atoms with Crippen molar-refractivity contribution in [1.29, 1.82) is 0 Å². The Morgan fingerprint density at radius 3 is 2.38 bits per heavy atom. The van der Waals surface area contributed by atoms with Crippen LogP contribution in [0.15, 0.2) is 17.0 Å². The van der Waals surface area contributed by atoms with Crippen LogP contribution >= 0.6 is 0 Å². The standard InChI is InChI=1S/C33H41N9O5/c1-17(2)42-31-25(29(34)36-16-37-31)26(39-42)27-24(28(47-40-27)20-5-6-20)30-35-15-23(18(3)38-30)19-11-13-41(14-12-19)33(44)46-22-9-7-21(8-10-22)32(43)45-4/h15-17,19-22H,5-14H2,1-4H3,(H2,34,36,37). The van der Waals surface area contributed by atoms with Crippen molar-refractivity contribution in [3.63, 3.8) is 0 Å². The summed E-state index contributed by atoms with van der Waals surface area (Å²) in [5.74, 6) is 1.82. The minimum atomic E-state index is -0.278. The summed E-state index contributed by atoms with van der Waals surface area (Å²) in [6, 6.07) is 0.0397. The number of ether oxygens (including phenoxy) is 2. The van der Waals surface area contributed by atoms with E-state index < -0.39 is 0 Å². The molecule has 0 radical (unpaired) electrons. The Labute approximate surface area is 272 Å². The van der Waals surface area contributed by atoms with Crippen LogP contribution in [-0.4, -0.2) is 78.1 Å². The molecule has 1 saturated heterocycles. The lowest BCUT2D eigenvalue weighted by atomic mass is 9.87. The Morgan fingerprint density at radius 1 is 0.979 bits per heavy atom. The summed E-state index contributed by atoms with van der Waals surface area (Å²) in [4.78, 5) is 45.1. The second-order valence-electron chi connectivity index (χ2n) is 13.3. The maximum Gasteiger partial charge on any atom is 0.410 e. The van der Waals surface area contributed by atoms with Gasteiger partial charge < -0.3 is 24.6 Å². The van der Waals surface area contributed by atoms with Gasteiger partial charge in [0.25, 0.3) is 0 Å². The molecule has 1 aliphatic heterocycles. The van der Waals surface area contributed by atoms with Crippen LogP contribution in [0.25, 0.3) is 33.8 Å². The molecule has 7 rings (SSSR count). The third kappa shape index (κ3) is 5.89. The average molecular weight is 644 g/mol. The second-order valence-corrected chi connectivity index (χ2v) is 13.3. The number of amides is 1. The summed E-state index contributed by atoms with van der Waals surface area (Å²) in [7, 11) is 1.41. The van der Waals surface area contributed by atoms with Crippen LogP contribution < -0.4 is 5.73 Å². The zero-order chi connectivity index (χ0) is 32.8. The SMILES string of the molecule is COC(=O)C1CCC(OC(=O)N2CCC(c3cnc(-c4c(-c5nn(C(C)C)c6ncnc(N)c56)noc4C4CC4)nc3C)CC2)CC1. The number of anilines is 1. The molecule has 5 heterocycles. The van der Waals surface area contributed by atoms with Gasteiger partial charge in [-0.1, -0.05) is 5.16 Å². The van der Waals surface area contributed by atoms with E-state index in [1.165, 1.54) is 13.4 Å². The van der Waals surface area contributed by atoms with Crippen LogP contribution in [0.5, 0.6) is 0 Å². The molecular weight excluding hydrogens is 602 g/mol. The fourth-order valence-electron chi connectivity index (χ4n) is 7.00. The summed E-state index contributed by atoms with van der Waals surface area (Å²) < 4.78 is 18.5. The molecule has 2 aliphatic carbocycles. The molecule has 0 aromatic carbocycles. The first-order chi connectivity index (χ1) is 22.7. The van der Waals surface area contributed by atoms with Gasteiger partial charge in [-0.3, -0.25) is 4.79 Å². The van der Waals surface area contributed by atoms with Gasteiger partial charge in [0, 0.05) is 36.9 Å². The quantitative estimate of drug-likeness (QED) is 0.256. The number of nitrogens with zero attached hydrogens (tertiary/aromatic N) is 8. The minimum Gasteiger partial charge on any atom is -0.469 e. The van der Waals surface area contributed by atoms with Gasteiger partial charge in [-0.25, -0.2) is 29.4 Å². The van der Waals surface area contributed by atoms with Gasteiger partial charge in [0.15, 0.2) is 17.2 Å². The van der Waals surface area contributed by atoms with Gasteiger partial charge in [0.2, 0.25) is 0 Å². The largest absolute Gasteiger partial charge is 0.469 e. The van der Waals surface area contributed by atoms with Crippen LogP contribution in [0.2, 0.25) is 0 Å². The van der Waals surface area contributed by atoms with Gasteiger partial charge >= 0.3 is 12.1 Å². The topological polar surface area (TPSA) is 177 Å². The maximum atomic E-state index is 13.0. The Hall–Kier alpha value is -4.62. The number of likely N-dealkylation sites (tertiary alicyclic amines) is 1. The molecule has 14 heteroatoms. The summed E-state index contributed by atoms with van der Waals surface area (Å²) in [5.41, 5.74) is 10.8. The third-order valence-corrected chi connectivity index (χ3v) is 9.81. The number of nitrogen functional groups attached to an aromatic ring is 1. The van der Waals surface area contributed by atoms with E-state index in [0.717, 1.165) is 48.3 Å². The first-order valence-electron chi connectivity index (χ1n) is 16.6. The minimum absolute atomic E-state index is 0.0397. The third-order valence-electron chi connectivity index (χ3n) is 9.81. The molecule has 4 aromatic rings. The highest BCUT2D eigenvalue weighted by Crippen LogP contribution is 2.48. The monoisotopic (exact) mass is 643 g/mol. The lowest BCUT2D eigenvalue weighted by Gasteiger charge is -2.34. The van der Waals surface area contributed by atoms with Crippen molar-refractivity contribution in [1.82, 2.24) is 39.8 Å². The molecule has 0 atom stereocenters. The number of aryl methyl sites for hydroxylation is 1. The summed E-state index contributed by atoms with van der Waals surface area (Å²) >= 11 is 0. The van der Waals surface area contributed by atoms with Crippen molar-refractivity contribution in [3.05, 3.63) is 29.5 Å². The number of carbonyl (C=O) groups excluding carboxylic acids is 2. The van der Waals surface area contributed by atoms with E-state index in [2.05, 4.69) is 15.1 Å². The van der Waals surface area contributed by atoms with E-state index in [-0.39, 0.29) is 42.0 Å². The predicted octanol–water partition coefficient (Wildman–Crippen LogP) is 5.34. The number of hydrogen-bond acceptors (Lipinski definition) is 12. The summed E-state index contributed by atoms with van der Waals surface area (Å²) in [6.45, 7) is 7.26. The van der Waals surface area contributed by atoms with Gasteiger partial charge in [0.1, 0.15) is 29.6 Å². The average Bonchev–Trinajstić information content (AvgIpc) is 3.70. The molecule has 2 saturated carbocycles. The van der Waals surface area contributed by atoms with E-state index >= 15 is 0 Å². The van der Waals surface area contributed by atoms with Crippen molar-refractivity contribution >= 4 is 28.9 Å². The van der Waals surface area contributed by atoms with E-state index in [0.29, 0.717) is 72.8 Å². The smallest absolute Gasteiger partial charge is 0.410 e. The molecule has 3 fully saturated rings. The first kappa shape index (κ1) is 31.0. The molecule has 0 spiro atoms. The highest BCUT2D eigenvalue weighted by Gasteiger charge is 2.37. The maximum absolute atomic E-state index is 13.0. The Balaban J connectivity index is 1.08. The molecular formula is C33H41N9O5. The Bertz CT molecular complexity index is 1800. The normalized spacial score (nSPS) is 20.6. The van der Waals surface area contributed by atoms with Crippen LogP contribution in [0, 0.1) is 12.8 Å². The number of methoxy groups -OCH3 is 1. The number of carbonyl (C=O) groups is 2. The van der Waals surface area contributed by atoms with Crippen LogP contribution in [0.4, 0.5) is 10.6 Å². The van der Waals surface area contributed by atoms with Crippen LogP contribution in [0.1, 0.15) is 100 Å². The number of hydrogen-bond donors (Lipinski definition) is 1. The molecule has 248 valence electrons. The molecule has 3 aliphatic rings. The highest BCUT2D eigenvalue weighted by molar-refractivity contribution is 6.00. The molecule has 1 amide bonds. The number of esters is 1. The van der Waals surface area contributed by atoms with E-state index in [4.69, 9.17) is 34.8 Å². The van der Waals surface area contributed by atoms with Gasteiger partial charge in [-0.15, -0.1) is 0 Å². The zero-order valence-corrected chi connectivity index (χ0v) is 27.3. The number of nitrogens with two attached hydrogens (primary N) is 1. The number of aromatic nitrogens is 7. The Kier molecular flexibility index (Phi) is 8.27. The fraction of sp³-hybridized carbons (Fsp3) is 0.576. The van der Waals surface area contributed by atoms with Crippen LogP contribution in [-0.2, 0) is 14.3 Å². The molecule has 0 bridgehead atoms. The van der Waals surface area contributed by atoms with Crippen molar-refractivity contribution in [2.24, 2.45) is 5.92 Å². The molecule has 47 heavy (non-hydrogen) atoms. The molecule has 2 N–H and O–H groups in total. The predicted molar refractivity (Wildman–Crippen MR) is 171 cm³/mol. The van der Waals surface area contributed by atoms with E-state index in [1.54, 1.807) is 4.90 Å². The van der Waals surface area contributed by atoms with Crippen LogP contribution in [0.3, 0.4) is 0 Å². The van der Waals surface area contributed by atoms with Gasteiger partial charge in [-0.2, -0.15) is 5.10 Å². The summed E-state index contributed by atoms with van der Waals surface area (Å²) in [6.07, 6.45) is 9.24. The van der Waals surface area contributed by atoms with Gasteiger partial charge in [-0.05, 0) is 83.6 Å². The van der Waals surface area contributed by atoms with Crippen molar-refractivity contribution in [2.75, 3.05) is 25.9 Å². The lowest BCUT2D eigenvalue weighted by molar-refractivity contribution is -0.147. The number of rotatable bonds is 7. The van der Waals surface area contributed by atoms with E-state index in [9.17, 15) is 9.59 Å². The van der Waals surface area contributed by atoms with Gasteiger partial charge in [0.05, 0.1) is 24.0 Å². The Morgan fingerprint density at radius 2 is 1.72 bits per heavy atom. The van der Waals surface area contributed by atoms with Crippen molar-refractivity contribution < 1.29 is 23.6 Å².